The van der Waals surface area contributed by atoms with Gasteiger partial charge in [0.05, 0.1) is 23.3 Å². The summed E-state index contributed by atoms with van der Waals surface area (Å²) in [5, 5.41) is 2.59. The Morgan fingerprint density at radius 2 is 1.84 bits per heavy atom. The molecule has 37 heavy (non-hydrogen) atoms. The lowest BCUT2D eigenvalue weighted by Gasteiger charge is -2.35. The second kappa shape index (κ2) is 10.2. The minimum atomic E-state index is -4.22. The predicted octanol–water partition coefficient (Wildman–Crippen LogP) is 1.47. The molecule has 3 aliphatic rings. The Kier molecular flexibility index (Phi) is 7.70. The Balaban J connectivity index is 1.45. The van der Waals surface area contributed by atoms with Crippen molar-refractivity contribution in [1.29, 1.82) is 0 Å². The number of β-lactam (4-membered cyclic amide) rings is 1. The maximum atomic E-state index is 12.9. The van der Waals surface area contributed by atoms with Crippen molar-refractivity contribution in [2.75, 3.05) is 13.7 Å². The van der Waals surface area contributed by atoms with E-state index < -0.39 is 70.8 Å². The van der Waals surface area contributed by atoms with Crippen molar-refractivity contribution < 1.29 is 50.6 Å². The molecule has 3 saturated heterocycles. The number of nitrogens with one attached hydrogen (secondary N) is 1. The fraction of sp³-hybridized carbons (Fsp3) is 0.667. The summed E-state index contributed by atoms with van der Waals surface area (Å²) in [6, 6.07) is 5.30. The van der Waals surface area contributed by atoms with Gasteiger partial charge >= 0.3 is 5.97 Å². The molecular weight excluding hydrogens is 510 g/mol. The van der Waals surface area contributed by atoms with Gasteiger partial charge in [-0.3, -0.25) is 13.8 Å². The summed E-state index contributed by atoms with van der Waals surface area (Å²) in [6.07, 6.45) is -4.20. The molecule has 1 aromatic rings. The molecule has 13 heteroatoms. The third kappa shape index (κ3) is 6.30. The molecule has 0 aliphatic carbocycles. The van der Waals surface area contributed by atoms with Crippen molar-refractivity contribution in [1.82, 2.24) is 5.32 Å². The van der Waals surface area contributed by atoms with Crippen LogP contribution in [0.1, 0.15) is 41.0 Å². The summed E-state index contributed by atoms with van der Waals surface area (Å²) in [4.78, 5) is 23.3. The third-order valence-electron chi connectivity index (χ3n) is 6.02. The van der Waals surface area contributed by atoms with Crippen molar-refractivity contribution >= 4 is 22.0 Å². The van der Waals surface area contributed by atoms with Gasteiger partial charge in [-0.1, -0.05) is 0 Å². The van der Waals surface area contributed by atoms with Crippen LogP contribution in [0.2, 0.25) is 0 Å². The van der Waals surface area contributed by atoms with Crippen LogP contribution in [0.25, 0.3) is 0 Å². The van der Waals surface area contributed by atoms with Gasteiger partial charge in [0, 0.05) is 7.11 Å². The number of fused-ring (bicyclic) bond motifs is 1. The van der Waals surface area contributed by atoms with Crippen LogP contribution in [0, 0.1) is 5.41 Å². The summed E-state index contributed by atoms with van der Waals surface area (Å²) >= 11 is 0. The minimum absolute atomic E-state index is 0.120. The van der Waals surface area contributed by atoms with Gasteiger partial charge in [-0.2, -0.15) is 8.42 Å². The fourth-order valence-electron chi connectivity index (χ4n) is 4.06. The van der Waals surface area contributed by atoms with E-state index >= 15 is 0 Å². The van der Waals surface area contributed by atoms with E-state index in [9.17, 15) is 18.0 Å². The minimum Gasteiger partial charge on any atom is -0.426 e. The first kappa shape index (κ1) is 27.9. The standard InChI is InChI=1S/C24H33NO11S/c1-23(2,3)22(27)32-13-7-9-14(10-8-13)37(28,29)31-12-15(33-17-11-16(26)25-17)18-19(30-6)20-21(34-18)36-24(4,5)35-20/h7-10,15,17-21H,11-12H2,1-6H3,(H,25,26)/t15-,17-,18-,19+,20-,21-/m1/s1. The van der Waals surface area contributed by atoms with E-state index in [1.165, 1.54) is 31.4 Å². The van der Waals surface area contributed by atoms with Gasteiger partial charge in [0.2, 0.25) is 5.91 Å². The summed E-state index contributed by atoms with van der Waals surface area (Å²) in [6.45, 7) is 8.21. The topological polar surface area (TPSA) is 145 Å². The van der Waals surface area contributed by atoms with E-state index in [0.29, 0.717) is 0 Å². The van der Waals surface area contributed by atoms with Crippen molar-refractivity contribution in [3.8, 4) is 5.75 Å². The van der Waals surface area contributed by atoms with Gasteiger partial charge < -0.3 is 33.7 Å². The monoisotopic (exact) mass is 543 g/mol. The first-order chi connectivity index (χ1) is 17.2. The maximum absolute atomic E-state index is 12.9. The van der Waals surface area contributed by atoms with Crippen molar-refractivity contribution in [3.05, 3.63) is 24.3 Å². The SMILES string of the molecule is CO[C@@H]1[C@H]2OC(C)(C)O[C@H]2O[C@@H]1[C@@H](COS(=O)(=O)c1ccc(OC(=O)C(C)(C)C)cc1)O[C@@H]1CC(=O)N1. The first-order valence-corrected chi connectivity index (χ1v) is 13.3. The molecule has 0 radical (unpaired) electrons. The number of esters is 1. The van der Waals surface area contributed by atoms with Crippen LogP contribution in [-0.4, -0.2) is 76.7 Å². The zero-order chi connectivity index (χ0) is 27.2. The van der Waals surface area contributed by atoms with E-state index in [4.69, 9.17) is 32.6 Å². The van der Waals surface area contributed by atoms with Crippen LogP contribution in [0.5, 0.6) is 5.75 Å². The molecule has 1 aromatic carbocycles. The van der Waals surface area contributed by atoms with Crippen LogP contribution in [0.4, 0.5) is 0 Å². The number of carbonyl (C=O) groups excluding carboxylic acids is 2. The highest BCUT2D eigenvalue weighted by Crippen LogP contribution is 2.40. The van der Waals surface area contributed by atoms with E-state index in [0.717, 1.165) is 0 Å². The Hall–Kier alpha value is -2.13. The highest BCUT2D eigenvalue weighted by Gasteiger charge is 2.57. The third-order valence-corrected chi connectivity index (χ3v) is 7.32. The molecule has 3 aliphatic heterocycles. The number of carbonyl (C=O) groups is 2. The lowest BCUT2D eigenvalue weighted by molar-refractivity contribution is -0.239. The second-order valence-corrected chi connectivity index (χ2v) is 12.2. The lowest BCUT2D eigenvalue weighted by atomic mass is 9.97. The number of hydrogen-bond acceptors (Lipinski definition) is 11. The molecule has 0 bridgehead atoms. The molecule has 0 unspecified atom stereocenters. The first-order valence-electron chi connectivity index (χ1n) is 11.9. The smallest absolute Gasteiger partial charge is 0.316 e. The highest BCUT2D eigenvalue weighted by atomic mass is 32.2. The van der Waals surface area contributed by atoms with Crippen molar-refractivity contribution in [2.45, 2.75) is 88.7 Å². The van der Waals surface area contributed by atoms with Crippen LogP contribution in [0.3, 0.4) is 0 Å². The quantitative estimate of drug-likeness (QED) is 0.209. The summed E-state index contributed by atoms with van der Waals surface area (Å²) in [7, 11) is -2.74. The number of benzene rings is 1. The summed E-state index contributed by atoms with van der Waals surface area (Å²) in [5.74, 6) is -1.31. The molecule has 1 amide bonds. The van der Waals surface area contributed by atoms with Crippen LogP contribution < -0.4 is 10.1 Å². The van der Waals surface area contributed by atoms with Crippen LogP contribution >= 0.6 is 0 Å². The summed E-state index contributed by atoms with van der Waals surface area (Å²) < 4.78 is 65.7. The maximum Gasteiger partial charge on any atom is 0.316 e. The molecule has 1 N–H and O–H groups in total. The lowest BCUT2D eigenvalue weighted by Crippen LogP contribution is -2.55. The average Bonchev–Trinajstić information content (AvgIpc) is 3.25. The average molecular weight is 544 g/mol. The Labute approximate surface area is 215 Å². The molecule has 12 nitrogen and oxygen atoms in total. The van der Waals surface area contributed by atoms with Crippen LogP contribution in [0.15, 0.2) is 29.2 Å². The molecular formula is C24H33NO11S. The van der Waals surface area contributed by atoms with E-state index in [1.54, 1.807) is 34.6 Å². The fourth-order valence-corrected chi connectivity index (χ4v) is 4.98. The number of ether oxygens (including phenoxy) is 6. The number of hydrogen-bond donors (Lipinski definition) is 1. The van der Waals surface area contributed by atoms with Gasteiger partial charge in [-0.25, -0.2) is 0 Å². The number of amides is 1. The largest absolute Gasteiger partial charge is 0.426 e. The van der Waals surface area contributed by atoms with E-state index in [2.05, 4.69) is 5.32 Å². The molecule has 3 fully saturated rings. The Bertz CT molecular complexity index is 1100. The van der Waals surface area contributed by atoms with Gasteiger partial charge in [0.15, 0.2) is 12.1 Å². The van der Waals surface area contributed by atoms with Gasteiger partial charge in [-0.15, -0.1) is 0 Å². The van der Waals surface area contributed by atoms with Gasteiger partial charge in [0.1, 0.15) is 36.4 Å². The molecule has 0 saturated carbocycles. The molecule has 4 rings (SSSR count). The normalized spacial score (nSPS) is 29.8. The summed E-state index contributed by atoms with van der Waals surface area (Å²) in [5.41, 5.74) is -0.713. The van der Waals surface area contributed by atoms with Crippen LogP contribution in [-0.2, 0) is 47.6 Å². The Morgan fingerprint density at radius 1 is 1.19 bits per heavy atom. The molecule has 0 spiro atoms. The zero-order valence-corrected chi connectivity index (χ0v) is 22.4. The molecule has 206 valence electrons. The highest BCUT2D eigenvalue weighted by molar-refractivity contribution is 7.86. The number of methoxy groups -OCH3 is 1. The zero-order valence-electron chi connectivity index (χ0n) is 21.6. The molecule has 0 aromatic heterocycles. The van der Waals surface area contributed by atoms with E-state index in [1.807, 2.05) is 0 Å². The van der Waals surface area contributed by atoms with E-state index in [-0.39, 0.29) is 23.0 Å². The number of rotatable bonds is 9. The molecule has 6 atom stereocenters. The predicted molar refractivity (Wildman–Crippen MR) is 126 cm³/mol. The Morgan fingerprint density at radius 3 is 2.41 bits per heavy atom. The second-order valence-electron chi connectivity index (χ2n) is 10.6. The van der Waals surface area contributed by atoms with Gasteiger partial charge in [0.25, 0.3) is 10.1 Å². The molecule has 3 heterocycles. The van der Waals surface area contributed by atoms with Crippen molar-refractivity contribution in [3.63, 3.8) is 0 Å². The van der Waals surface area contributed by atoms with Gasteiger partial charge in [-0.05, 0) is 58.9 Å². The van der Waals surface area contributed by atoms with Crippen molar-refractivity contribution in [2.24, 2.45) is 5.41 Å².